The first-order chi connectivity index (χ1) is 12.6. The van der Waals surface area contributed by atoms with Gasteiger partial charge in [0.1, 0.15) is 5.82 Å². The second-order valence-electron chi connectivity index (χ2n) is 7.56. The fourth-order valence-electron chi connectivity index (χ4n) is 4.41. The van der Waals surface area contributed by atoms with E-state index in [0.29, 0.717) is 5.92 Å². The molecule has 3 fully saturated rings. The van der Waals surface area contributed by atoms with E-state index in [9.17, 15) is 8.42 Å². The summed E-state index contributed by atoms with van der Waals surface area (Å²) in [5.74, 6) is 2.53. The molecule has 26 heavy (non-hydrogen) atoms. The molecule has 4 rings (SSSR count). The molecule has 0 radical (unpaired) electrons. The Morgan fingerprint density at radius 2 is 2.04 bits per heavy atom. The third kappa shape index (κ3) is 3.65. The summed E-state index contributed by atoms with van der Waals surface area (Å²) in [6.45, 7) is 3.58. The molecule has 2 atom stereocenters. The number of hydrogen-bond donors (Lipinski definition) is 2. The summed E-state index contributed by atoms with van der Waals surface area (Å²) in [7, 11) is -2.99. The fourth-order valence-corrected chi connectivity index (χ4v) is 6.36. The van der Waals surface area contributed by atoms with E-state index in [-0.39, 0.29) is 30.2 Å². The van der Waals surface area contributed by atoms with E-state index < -0.39 is 9.84 Å². The van der Waals surface area contributed by atoms with Crippen molar-refractivity contribution in [1.82, 2.24) is 15.3 Å². The molecule has 2 N–H and O–H groups in total. The summed E-state index contributed by atoms with van der Waals surface area (Å²) in [5, 5.41) is 12.4. The average Bonchev–Trinajstić information content (AvgIpc) is 2.96. The normalized spacial score (nSPS) is 29.0. The van der Waals surface area contributed by atoms with E-state index in [1.54, 1.807) is 6.20 Å². The maximum absolute atomic E-state index is 12.0. The van der Waals surface area contributed by atoms with E-state index in [1.807, 2.05) is 6.07 Å². The summed E-state index contributed by atoms with van der Waals surface area (Å²) in [5.41, 5.74) is 0. The van der Waals surface area contributed by atoms with Gasteiger partial charge in [-0.15, -0.1) is 0 Å². The van der Waals surface area contributed by atoms with Gasteiger partial charge in [-0.2, -0.15) is 4.98 Å². The second kappa shape index (κ2) is 7.28. The van der Waals surface area contributed by atoms with Crippen LogP contribution in [0.3, 0.4) is 0 Å². The van der Waals surface area contributed by atoms with Gasteiger partial charge in [-0.25, -0.2) is 13.4 Å². The molecular weight excluding hydrogens is 354 g/mol. The minimum atomic E-state index is -2.99. The average molecular weight is 382 g/mol. The third-order valence-electron chi connectivity index (χ3n) is 5.84. The zero-order valence-corrected chi connectivity index (χ0v) is 15.7. The van der Waals surface area contributed by atoms with Gasteiger partial charge in [0.05, 0.1) is 17.5 Å². The van der Waals surface area contributed by atoms with Crippen molar-refractivity contribution in [3.05, 3.63) is 12.3 Å². The van der Waals surface area contributed by atoms with Crippen LogP contribution < -0.4 is 15.1 Å². The summed E-state index contributed by atoms with van der Waals surface area (Å²) < 4.78 is 24.1. The highest BCUT2D eigenvalue weighted by molar-refractivity contribution is 7.91. The first kappa shape index (κ1) is 17.9. The molecule has 8 nitrogen and oxygen atoms in total. The van der Waals surface area contributed by atoms with E-state index >= 15 is 0 Å². The van der Waals surface area contributed by atoms with Crippen LogP contribution in [0.25, 0.3) is 0 Å². The van der Waals surface area contributed by atoms with Crippen LogP contribution in [0, 0.1) is 5.92 Å². The largest absolute Gasteiger partial charge is 0.396 e. The van der Waals surface area contributed by atoms with Gasteiger partial charge in [-0.3, -0.25) is 0 Å². The molecular formula is C17H27N5O3S. The first-order valence-electron chi connectivity index (χ1n) is 9.45. The number of nitrogens with one attached hydrogen (secondary N) is 1. The Kier molecular flexibility index (Phi) is 5.02. The molecule has 4 heterocycles. The van der Waals surface area contributed by atoms with Crippen LogP contribution in [0.2, 0.25) is 0 Å². The van der Waals surface area contributed by atoms with Crippen molar-refractivity contribution in [2.45, 2.75) is 31.3 Å². The SMILES string of the molecule is O=S1(=O)C[C@H]2NCCN(c3ccnc(N4CCC(CCO)CC4)n3)[C@H]2C1. The monoisotopic (exact) mass is 381 g/mol. The fraction of sp³-hybridized carbons (Fsp3) is 0.765. The van der Waals surface area contributed by atoms with Crippen LogP contribution >= 0.6 is 0 Å². The van der Waals surface area contributed by atoms with Crippen molar-refractivity contribution in [3.63, 3.8) is 0 Å². The molecule has 0 bridgehead atoms. The number of piperidine rings is 1. The lowest BCUT2D eigenvalue weighted by atomic mass is 9.94. The first-order valence-corrected chi connectivity index (χ1v) is 11.3. The Morgan fingerprint density at radius 3 is 2.81 bits per heavy atom. The molecule has 3 aliphatic heterocycles. The maximum Gasteiger partial charge on any atom is 0.227 e. The number of piperazine rings is 1. The quantitative estimate of drug-likeness (QED) is 0.730. The lowest BCUT2D eigenvalue weighted by Crippen LogP contribution is -2.57. The summed E-state index contributed by atoms with van der Waals surface area (Å²) in [6, 6.07) is 1.82. The van der Waals surface area contributed by atoms with E-state index in [2.05, 4.69) is 20.1 Å². The van der Waals surface area contributed by atoms with Crippen LogP contribution in [0.4, 0.5) is 11.8 Å². The predicted octanol–water partition coefficient (Wildman–Crippen LogP) is -0.349. The molecule has 0 spiro atoms. The molecule has 0 aromatic carbocycles. The van der Waals surface area contributed by atoms with Crippen molar-refractivity contribution in [3.8, 4) is 0 Å². The second-order valence-corrected chi connectivity index (χ2v) is 9.71. The van der Waals surface area contributed by atoms with Gasteiger partial charge in [-0.05, 0) is 31.2 Å². The van der Waals surface area contributed by atoms with E-state index in [1.165, 1.54) is 0 Å². The molecule has 144 valence electrons. The third-order valence-corrected chi connectivity index (χ3v) is 7.56. The van der Waals surface area contributed by atoms with Gasteiger partial charge in [0.25, 0.3) is 0 Å². The van der Waals surface area contributed by atoms with Gasteiger partial charge in [0, 0.05) is 45.0 Å². The summed E-state index contributed by atoms with van der Waals surface area (Å²) >= 11 is 0. The molecule has 9 heteroatoms. The molecule has 0 saturated carbocycles. The van der Waals surface area contributed by atoms with Crippen LogP contribution in [-0.4, -0.2) is 79.9 Å². The number of aliphatic hydroxyl groups is 1. The number of nitrogens with zero attached hydrogens (tertiary/aromatic N) is 4. The van der Waals surface area contributed by atoms with Crippen molar-refractivity contribution < 1.29 is 13.5 Å². The zero-order valence-electron chi connectivity index (χ0n) is 14.9. The standard InChI is InChI=1S/C17H27N5O3S/c23-10-4-13-2-7-21(8-3-13)17-19-5-1-16(20-17)22-9-6-18-14-11-26(24,25)12-15(14)22/h1,5,13-15,18,23H,2-4,6-12H2/t14-,15+/m1/s1. The molecule has 3 aliphatic rings. The summed E-state index contributed by atoms with van der Waals surface area (Å²) in [4.78, 5) is 13.5. The Labute approximate surface area is 154 Å². The number of hydrogen-bond acceptors (Lipinski definition) is 8. The summed E-state index contributed by atoms with van der Waals surface area (Å²) in [6.07, 6.45) is 4.74. The number of fused-ring (bicyclic) bond motifs is 1. The highest BCUT2D eigenvalue weighted by Gasteiger charge is 2.43. The molecule has 1 aromatic rings. The Morgan fingerprint density at radius 1 is 1.23 bits per heavy atom. The van der Waals surface area contributed by atoms with Gasteiger partial charge >= 0.3 is 0 Å². The molecule has 0 unspecified atom stereocenters. The number of rotatable bonds is 4. The lowest BCUT2D eigenvalue weighted by Gasteiger charge is -2.38. The van der Waals surface area contributed by atoms with Gasteiger partial charge in [0.15, 0.2) is 9.84 Å². The lowest BCUT2D eigenvalue weighted by molar-refractivity contribution is 0.240. The minimum absolute atomic E-state index is 0.0126. The number of sulfone groups is 1. The Hall–Kier alpha value is -1.45. The molecule has 3 saturated heterocycles. The van der Waals surface area contributed by atoms with E-state index in [0.717, 1.165) is 57.2 Å². The van der Waals surface area contributed by atoms with Gasteiger partial charge in [-0.1, -0.05) is 0 Å². The molecule has 0 aliphatic carbocycles. The van der Waals surface area contributed by atoms with Crippen molar-refractivity contribution >= 4 is 21.6 Å². The maximum atomic E-state index is 12.0. The zero-order chi connectivity index (χ0) is 18.1. The smallest absolute Gasteiger partial charge is 0.227 e. The number of aliphatic hydroxyl groups excluding tert-OH is 1. The van der Waals surface area contributed by atoms with Crippen LogP contribution in [0.1, 0.15) is 19.3 Å². The molecule has 0 amide bonds. The number of aromatic nitrogens is 2. The highest BCUT2D eigenvalue weighted by atomic mass is 32.2. The Bertz CT molecular complexity index is 736. The van der Waals surface area contributed by atoms with Crippen LogP contribution in [0.15, 0.2) is 12.3 Å². The minimum Gasteiger partial charge on any atom is -0.396 e. The Balaban J connectivity index is 1.49. The van der Waals surface area contributed by atoms with Gasteiger partial charge < -0.3 is 20.2 Å². The van der Waals surface area contributed by atoms with Crippen molar-refractivity contribution in [2.24, 2.45) is 5.92 Å². The van der Waals surface area contributed by atoms with Crippen molar-refractivity contribution in [1.29, 1.82) is 0 Å². The number of anilines is 2. The van der Waals surface area contributed by atoms with Crippen molar-refractivity contribution in [2.75, 3.05) is 54.1 Å². The van der Waals surface area contributed by atoms with Crippen LogP contribution in [-0.2, 0) is 9.84 Å². The van der Waals surface area contributed by atoms with E-state index in [4.69, 9.17) is 10.1 Å². The predicted molar refractivity (Wildman–Crippen MR) is 100 cm³/mol. The van der Waals surface area contributed by atoms with Crippen LogP contribution in [0.5, 0.6) is 0 Å². The molecule has 1 aromatic heterocycles. The highest BCUT2D eigenvalue weighted by Crippen LogP contribution is 2.28. The topological polar surface area (TPSA) is 98.7 Å². The van der Waals surface area contributed by atoms with Gasteiger partial charge in [0.2, 0.25) is 5.95 Å².